The third-order valence-electron chi connectivity index (χ3n) is 2.66. The lowest BCUT2D eigenvalue weighted by Gasteiger charge is -2.21. The predicted octanol–water partition coefficient (Wildman–Crippen LogP) is 2.99. The third-order valence-corrected chi connectivity index (χ3v) is 2.66. The molecule has 2 N–H and O–H groups in total. The summed E-state index contributed by atoms with van der Waals surface area (Å²) in [5.41, 5.74) is 0.129. The molecule has 0 unspecified atom stereocenters. The number of hydrogen-bond acceptors (Lipinski definition) is 4. The average Bonchev–Trinajstić information content (AvgIpc) is 2.77. The van der Waals surface area contributed by atoms with E-state index in [1.807, 2.05) is 24.3 Å². The van der Waals surface area contributed by atoms with Gasteiger partial charge in [-0.25, -0.2) is 4.79 Å². The van der Waals surface area contributed by atoms with E-state index in [1.54, 1.807) is 26.8 Å². The number of ether oxygens (including phenoxy) is 1. The quantitative estimate of drug-likeness (QED) is 0.904. The lowest BCUT2D eigenvalue weighted by atomic mass is 10.2. The summed E-state index contributed by atoms with van der Waals surface area (Å²) in [6.45, 7) is 5.07. The maximum absolute atomic E-state index is 11.7. The number of alkyl carbamates (subject to hydrolysis) is 1. The van der Waals surface area contributed by atoms with Gasteiger partial charge >= 0.3 is 6.09 Å². The Kier molecular flexibility index (Phi) is 3.99. The highest BCUT2D eigenvalue weighted by molar-refractivity contribution is 5.78. The number of furan rings is 1. The van der Waals surface area contributed by atoms with Crippen molar-refractivity contribution >= 4 is 17.1 Å². The lowest BCUT2D eigenvalue weighted by molar-refractivity contribution is 0.0473. The fourth-order valence-corrected chi connectivity index (χ4v) is 1.83. The van der Waals surface area contributed by atoms with E-state index < -0.39 is 17.7 Å². The summed E-state index contributed by atoms with van der Waals surface area (Å²) in [7, 11) is 0. The molecule has 1 heterocycles. The highest BCUT2D eigenvalue weighted by atomic mass is 16.6. The van der Waals surface area contributed by atoms with Crippen molar-refractivity contribution in [1.29, 1.82) is 0 Å². The van der Waals surface area contributed by atoms with Gasteiger partial charge in [-0.05, 0) is 32.9 Å². The second kappa shape index (κ2) is 5.54. The van der Waals surface area contributed by atoms with Gasteiger partial charge in [0.15, 0.2) is 0 Å². The molecule has 5 nitrogen and oxygen atoms in total. The van der Waals surface area contributed by atoms with Crippen LogP contribution in [-0.4, -0.2) is 23.4 Å². The summed E-state index contributed by atoms with van der Waals surface area (Å²) >= 11 is 0. The van der Waals surface area contributed by atoms with Gasteiger partial charge in [-0.2, -0.15) is 0 Å². The van der Waals surface area contributed by atoms with Crippen molar-refractivity contribution in [2.75, 3.05) is 6.61 Å². The molecule has 2 rings (SSSR count). The molecule has 20 heavy (non-hydrogen) atoms. The molecule has 1 atom stereocenters. The molecule has 1 aromatic carbocycles. The first-order valence-electron chi connectivity index (χ1n) is 6.48. The van der Waals surface area contributed by atoms with E-state index in [9.17, 15) is 9.90 Å². The van der Waals surface area contributed by atoms with E-state index in [0.29, 0.717) is 11.3 Å². The van der Waals surface area contributed by atoms with Gasteiger partial charge in [0.1, 0.15) is 23.0 Å². The van der Waals surface area contributed by atoms with Crippen LogP contribution < -0.4 is 5.32 Å². The summed E-state index contributed by atoms with van der Waals surface area (Å²) in [5.74, 6) is 0.500. The van der Waals surface area contributed by atoms with Crippen LogP contribution in [0.1, 0.15) is 32.6 Å². The Bertz CT molecular complexity index is 564. The summed E-state index contributed by atoms with van der Waals surface area (Å²) in [5, 5.41) is 12.9. The predicted molar refractivity (Wildman–Crippen MR) is 75.4 cm³/mol. The van der Waals surface area contributed by atoms with Crippen molar-refractivity contribution in [2.45, 2.75) is 32.4 Å². The molecule has 0 spiro atoms. The number of carbonyl (C=O) groups excluding carboxylic acids is 1. The number of benzene rings is 1. The van der Waals surface area contributed by atoms with Crippen LogP contribution in [0.15, 0.2) is 34.7 Å². The van der Waals surface area contributed by atoms with Gasteiger partial charge in [0.25, 0.3) is 0 Å². The number of amides is 1. The first-order valence-corrected chi connectivity index (χ1v) is 6.48. The summed E-state index contributed by atoms with van der Waals surface area (Å²) in [6.07, 6.45) is -0.586. The van der Waals surface area contributed by atoms with E-state index in [-0.39, 0.29) is 6.61 Å². The zero-order chi connectivity index (χ0) is 14.8. The van der Waals surface area contributed by atoms with Crippen molar-refractivity contribution in [3.05, 3.63) is 36.1 Å². The molecule has 2 aromatic rings. The Morgan fingerprint density at radius 3 is 2.70 bits per heavy atom. The van der Waals surface area contributed by atoms with Gasteiger partial charge in [-0.3, -0.25) is 0 Å². The van der Waals surface area contributed by atoms with Crippen molar-refractivity contribution in [3.8, 4) is 0 Å². The van der Waals surface area contributed by atoms with E-state index in [0.717, 1.165) is 5.39 Å². The molecular weight excluding hydrogens is 258 g/mol. The molecule has 0 aliphatic carbocycles. The minimum Gasteiger partial charge on any atom is -0.459 e. The fraction of sp³-hybridized carbons (Fsp3) is 0.400. The summed E-state index contributed by atoms with van der Waals surface area (Å²) in [4.78, 5) is 11.7. The number of hydrogen-bond donors (Lipinski definition) is 2. The highest BCUT2D eigenvalue weighted by Gasteiger charge is 2.22. The standard InChI is InChI=1S/C15H19NO4/c1-15(2,3)20-14(18)16-11(9-17)13-8-10-6-4-5-7-12(10)19-13/h4-8,11,17H,9H2,1-3H3,(H,16,18)/t11-/m0/s1. The van der Waals surface area contributed by atoms with Crippen LogP contribution in [0.3, 0.4) is 0 Å². The number of rotatable bonds is 3. The Morgan fingerprint density at radius 2 is 2.10 bits per heavy atom. The molecule has 5 heteroatoms. The fourth-order valence-electron chi connectivity index (χ4n) is 1.83. The second-order valence-corrected chi connectivity index (χ2v) is 5.57. The molecule has 0 aliphatic rings. The normalized spacial score (nSPS) is 13.2. The van der Waals surface area contributed by atoms with Gasteiger partial charge in [0.2, 0.25) is 0 Å². The number of para-hydroxylation sites is 1. The minimum atomic E-state index is -0.628. The Hall–Kier alpha value is -2.01. The summed E-state index contributed by atoms with van der Waals surface area (Å²) < 4.78 is 10.8. The van der Waals surface area contributed by atoms with Crippen LogP contribution in [0.5, 0.6) is 0 Å². The largest absolute Gasteiger partial charge is 0.459 e. The smallest absolute Gasteiger partial charge is 0.408 e. The van der Waals surface area contributed by atoms with Crippen LogP contribution in [0.4, 0.5) is 4.79 Å². The minimum absolute atomic E-state index is 0.265. The van der Waals surface area contributed by atoms with E-state index >= 15 is 0 Å². The van der Waals surface area contributed by atoms with Gasteiger partial charge in [0.05, 0.1) is 6.61 Å². The maximum Gasteiger partial charge on any atom is 0.408 e. The molecule has 0 radical (unpaired) electrons. The zero-order valence-corrected chi connectivity index (χ0v) is 11.8. The maximum atomic E-state index is 11.7. The Labute approximate surface area is 117 Å². The monoisotopic (exact) mass is 277 g/mol. The number of carbonyl (C=O) groups is 1. The van der Waals surface area contributed by atoms with Crippen molar-refractivity contribution in [3.63, 3.8) is 0 Å². The highest BCUT2D eigenvalue weighted by Crippen LogP contribution is 2.23. The molecule has 1 aromatic heterocycles. The van der Waals surface area contributed by atoms with E-state index in [2.05, 4.69) is 5.32 Å². The summed E-state index contributed by atoms with van der Waals surface area (Å²) in [6, 6.07) is 8.68. The number of aliphatic hydroxyl groups is 1. The zero-order valence-electron chi connectivity index (χ0n) is 11.8. The number of aliphatic hydroxyl groups excluding tert-OH is 1. The van der Waals surface area contributed by atoms with Crippen molar-refractivity contribution in [1.82, 2.24) is 5.32 Å². The van der Waals surface area contributed by atoms with Crippen LogP contribution in [0.25, 0.3) is 11.0 Å². The molecule has 0 saturated heterocycles. The molecule has 108 valence electrons. The van der Waals surface area contributed by atoms with Crippen LogP contribution in [0, 0.1) is 0 Å². The molecule has 0 fully saturated rings. The number of nitrogens with one attached hydrogen (secondary N) is 1. The molecule has 0 bridgehead atoms. The molecular formula is C15H19NO4. The second-order valence-electron chi connectivity index (χ2n) is 5.57. The first-order chi connectivity index (χ1) is 9.39. The van der Waals surface area contributed by atoms with Gasteiger partial charge in [0, 0.05) is 5.39 Å². The SMILES string of the molecule is CC(C)(C)OC(=O)N[C@@H](CO)c1cc2ccccc2o1. The van der Waals surface area contributed by atoms with E-state index in [4.69, 9.17) is 9.15 Å². The Balaban J connectivity index is 2.13. The molecule has 0 saturated carbocycles. The van der Waals surface area contributed by atoms with Crippen LogP contribution in [-0.2, 0) is 4.74 Å². The molecule has 0 aliphatic heterocycles. The first kappa shape index (κ1) is 14.4. The van der Waals surface area contributed by atoms with E-state index in [1.165, 1.54) is 0 Å². The van der Waals surface area contributed by atoms with Crippen molar-refractivity contribution in [2.24, 2.45) is 0 Å². The Morgan fingerprint density at radius 1 is 1.40 bits per heavy atom. The van der Waals surface area contributed by atoms with Crippen LogP contribution in [0.2, 0.25) is 0 Å². The third kappa shape index (κ3) is 3.51. The van der Waals surface area contributed by atoms with Crippen LogP contribution >= 0.6 is 0 Å². The topological polar surface area (TPSA) is 71.7 Å². The van der Waals surface area contributed by atoms with Gasteiger partial charge in [-0.15, -0.1) is 0 Å². The van der Waals surface area contributed by atoms with Gasteiger partial charge < -0.3 is 19.6 Å². The number of fused-ring (bicyclic) bond motifs is 1. The van der Waals surface area contributed by atoms with Crippen molar-refractivity contribution < 1.29 is 19.1 Å². The average molecular weight is 277 g/mol. The lowest BCUT2D eigenvalue weighted by Crippen LogP contribution is -2.36. The van der Waals surface area contributed by atoms with Gasteiger partial charge in [-0.1, -0.05) is 18.2 Å². The molecule has 1 amide bonds.